The van der Waals surface area contributed by atoms with Gasteiger partial charge in [0.25, 0.3) is 0 Å². The molecule has 1 heterocycles. The molecule has 0 bridgehead atoms. The summed E-state index contributed by atoms with van der Waals surface area (Å²) < 4.78 is 11.1. The molecule has 1 N–H and O–H groups in total. The first kappa shape index (κ1) is 12.2. The molecule has 3 heteroatoms. The van der Waals surface area contributed by atoms with Crippen LogP contribution in [0.5, 0.6) is 11.5 Å². The van der Waals surface area contributed by atoms with Gasteiger partial charge in [0, 0.05) is 18.1 Å². The number of methoxy groups -OCH3 is 1. The number of unbranched alkanes of at least 4 members (excludes halogenated alkanes) is 1. The van der Waals surface area contributed by atoms with Crippen LogP contribution in [0.3, 0.4) is 0 Å². The normalized spacial score (nSPS) is 22.8. The van der Waals surface area contributed by atoms with E-state index in [1.807, 2.05) is 18.2 Å². The van der Waals surface area contributed by atoms with Crippen LogP contribution in [0, 0.1) is 0 Å². The highest BCUT2D eigenvalue weighted by atomic mass is 16.5. The van der Waals surface area contributed by atoms with Crippen molar-refractivity contribution in [3.8, 4) is 11.5 Å². The van der Waals surface area contributed by atoms with Gasteiger partial charge in [0.15, 0.2) is 0 Å². The van der Waals surface area contributed by atoms with E-state index in [0.717, 1.165) is 36.3 Å². The summed E-state index contributed by atoms with van der Waals surface area (Å²) >= 11 is 0. The Morgan fingerprint density at radius 2 is 2.29 bits per heavy atom. The van der Waals surface area contributed by atoms with E-state index in [-0.39, 0.29) is 6.10 Å². The van der Waals surface area contributed by atoms with Gasteiger partial charge in [-0.15, -0.1) is 0 Å². The zero-order valence-electron chi connectivity index (χ0n) is 10.5. The third-order valence-electron chi connectivity index (χ3n) is 3.24. The lowest BCUT2D eigenvalue weighted by molar-refractivity contribution is 0.0605. The lowest BCUT2D eigenvalue weighted by Crippen LogP contribution is -2.25. The predicted molar refractivity (Wildman–Crippen MR) is 66.5 cm³/mol. The number of fused-ring (bicyclic) bond motifs is 1. The van der Waals surface area contributed by atoms with E-state index in [1.165, 1.54) is 0 Å². The molecule has 0 aromatic heterocycles. The molecule has 94 valence electrons. The maximum absolute atomic E-state index is 10.1. The third-order valence-corrected chi connectivity index (χ3v) is 3.24. The molecule has 17 heavy (non-hydrogen) atoms. The Labute approximate surface area is 102 Å². The van der Waals surface area contributed by atoms with Gasteiger partial charge in [-0.1, -0.05) is 19.8 Å². The second-order valence-electron chi connectivity index (χ2n) is 4.54. The molecule has 0 saturated carbocycles. The van der Waals surface area contributed by atoms with Crippen molar-refractivity contribution in [2.45, 2.75) is 44.8 Å². The Bertz CT molecular complexity index is 376. The molecular formula is C14H20O3. The molecule has 1 aromatic rings. The summed E-state index contributed by atoms with van der Waals surface area (Å²) in [4.78, 5) is 0. The lowest BCUT2D eigenvalue weighted by Gasteiger charge is -2.29. The van der Waals surface area contributed by atoms with Crippen molar-refractivity contribution >= 4 is 0 Å². The van der Waals surface area contributed by atoms with Gasteiger partial charge in [0.2, 0.25) is 0 Å². The van der Waals surface area contributed by atoms with Crippen LogP contribution in [-0.2, 0) is 0 Å². The van der Waals surface area contributed by atoms with Crippen molar-refractivity contribution in [1.29, 1.82) is 0 Å². The molecule has 0 aliphatic carbocycles. The minimum absolute atomic E-state index is 0.129. The summed E-state index contributed by atoms with van der Waals surface area (Å²) in [6.45, 7) is 2.16. The van der Waals surface area contributed by atoms with E-state index in [4.69, 9.17) is 9.47 Å². The van der Waals surface area contributed by atoms with Gasteiger partial charge in [-0.2, -0.15) is 0 Å². The van der Waals surface area contributed by atoms with Crippen LogP contribution in [0.1, 0.15) is 44.3 Å². The molecule has 1 aromatic carbocycles. The van der Waals surface area contributed by atoms with Crippen molar-refractivity contribution in [3.05, 3.63) is 23.8 Å². The third kappa shape index (κ3) is 2.72. The largest absolute Gasteiger partial charge is 0.497 e. The van der Waals surface area contributed by atoms with E-state index in [1.54, 1.807) is 7.11 Å². The van der Waals surface area contributed by atoms with Crippen molar-refractivity contribution < 1.29 is 14.6 Å². The summed E-state index contributed by atoms with van der Waals surface area (Å²) in [5.74, 6) is 1.54. The Hall–Kier alpha value is -1.22. The standard InChI is InChI=1S/C14H20O3/c1-3-4-5-11-8-13(15)12-7-6-10(16-2)9-14(12)17-11/h6-7,9,11,13,15H,3-5,8H2,1-2H3. The fraction of sp³-hybridized carbons (Fsp3) is 0.571. The number of ether oxygens (including phenoxy) is 2. The maximum Gasteiger partial charge on any atom is 0.129 e. The fourth-order valence-corrected chi connectivity index (χ4v) is 2.23. The molecule has 0 amide bonds. The number of hydrogen-bond donors (Lipinski definition) is 1. The van der Waals surface area contributed by atoms with E-state index >= 15 is 0 Å². The first-order chi connectivity index (χ1) is 8.24. The van der Waals surface area contributed by atoms with Crippen LogP contribution < -0.4 is 9.47 Å². The summed E-state index contributed by atoms with van der Waals surface area (Å²) in [6, 6.07) is 5.60. The second-order valence-corrected chi connectivity index (χ2v) is 4.54. The van der Waals surface area contributed by atoms with Crippen LogP contribution >= 0.6 is 0 Å². The van der Waals surface area contributed by atoms with E-state index < -0.39 is 6.10 Å². The summed E-state index contributed by atoms with van der Waals surface area (Å²) in [6.07, 6.45) is 3.71. The molecule has 0 spiro atoms. The fourth-order valence-electron chi connectivity index (χ4n) is 2.23. The number of aliphatic hydroxyl groups excluding tert-OH is 1. The number of hydrogen-bond acceptors (Lipinski definition) is 3. The SMILES string of the molecule is CCCCC1CC(O)c2ccc(OC)cc2O1. The minimum atomic E-state index is -0.411. The zero-order valence-corrected chi connectivity index (χ0v) is 10.5. The quantitative estimate of drug-likeness (QED) is 0.873. The molecule has 3 nitrogen and oxygen atoms in total. The number of rotatable bonds is 4. The van der Waals surface area contributed by atoms with Crippen LogP contribution in [0.4, 0.5) is 0 Å². The van der Waals surface area contributed by atoms with Crippen molar-refractivity contribution in [2.24, 2.45) is 0 Å². The molecule has 1 aliphatic rings. The topological polar surface area (TPSA) is 38.7 Å². The van der Waals surface area contributed by atoms with Gasteiger partial charge >= 0.3 is 0 Å². The average molecular weight is 236 g/mol. The van der Waals surface area contributed by atoms with E-state index in [0.29, 0.717) is 6.42 Å². The average Bonchev–Trinajstić information content (AvgIpc) is 2.35. The highest BCUT2D eigenvalue weighted by Gasteiger charge is 2.26. The smallest absolute Gasteiger partial charge is 0.129 e. The van der Waals surface area contributed by atoms with E-state index in [9.17, 15) is 5.11 Å². The summed E-state index contributed by atoms with van der Waals surface area (Å²) in [5, 5.41) is 10.1. The molecule has 0 radical (unpaired) electrons. The van der Waals surface area contributed by atoms with Gasteiger partial charge < -0.3 is 14.6 Å². The highest BCUT2D eigenvalue weighted by Crippen LogP contribution is 2.38. The number of benzene rings is 1. The van der Waals surface area contributed by atoms with Gasteiger partial charge in [0.05, 0.1) is 13.2 Å². The van der Waals surface area contributed by atoms with Gasteiger partial charge in [-0.05, 0) is 18.6 Å². The minimum Gasteiger partial charge on any atom is -0.497 e. The Kier molecular flexibility index (Phi) is 3.89. The Morgan fingerprint density at radius 1 is 1.47 bits per heavy atom. The molecular weight excluding hydrogens is 216 g/mol. The predicted octanol–water partition coefficient (Wildman–Crippen LogP) is 3.07. The van der Waals surface area contributed by atoms with Gasteiger partial charge in [-0.3, -0.25) is 0 Å². The molecule has 0 fully saturated rings. The summed E-state index contributed by atoms with van der Waals surface area (Å²) in [7, 11) is 1.63. The van der Waals surface area contributed by atoms with Crippen molar-refractivity contribution in [3.63, 3.8) is 0 Å². The van der Waals surface area contributed by atoms with Crippen LogP contribution in [0.25, 0.3) is 0 Å². The number of aliphatic hydroxyl groups is 1. The van der Waals surface area contributed by atoms with Crippen LogP contribution in [0.2, 0.25) is 0 Å². The Morgan fingerprint density at radius 3 is 3.00 bits per heavy atom. The molecule has 2 atom stereocenters. The van der Waals surface area contributed by atoms with E-state index in [2.05, 4.69) is 6.92 Å². The zero-order chi connectivity index (χ0) is 12.3. The molecule has 0 saturated heterocycles. The van der Waals surface area contributed by atoms with Gasteiger partial charge in [-0.25, -0.2) is 0 Å². The van der Waals surface area contributed by atoms with Crippen molar-refractivity contribution in [2.75, 3.05) is 7.11 Å². The van der Waals surface area contributed by atoms with Crippen LogP contribution in [0.15, 0.2) is 18.2 Å². The first-order valence-electron chi connectivity index (χ1n) is 6.27. The Balaban J connectivity index is 2.15. The van der Waals surface area contributed by atoms with Gasteiger partial charge in [0.1, 0.15) is 17.6 Å². The molecule has 1 aliphatic heterocycles. The molecule has 2 rings (SSSR count). The van der Waals surface area contributed by atoms with Crippen LogP contribution in [-0.4, -0.2) is 18.3 Å². The second kappa shape index (κ2) is 5.41. The maximum atomic E-state index is 10.1. The molecule has 2 unspecified atom stereocenters. The monoisotopic (exact) mass is 236 g/mol. The highest BCUT2D eigenvalue weighted by molar-refractivity contribution is 5.43. The lowest BCUT2D eigenvalue weighted by atomic mass is 9.96. The first-order valence-corrected chi connectivity index (χ1v) is 6.27. The summed E-state index contributed by atoms with van der Waals surface area (Å²) in [5.41, 5.74) is 0.874. The van der Waals surface area contributed by atoms with Crippen molar-refractivity contribution in [1.82, 2.24) is 0 Å².